The molecule has 1 fully saturated rings. The molecule has 1 aromatic heterocycles. The standard InChI is InChI=1S/C23H31N5O4/c1-17(29)28-10-4-9-27(11-12-28)8-3-2-5-23(30)24-22-16-19(25-26-22)18-6-7-20-21(15-18)32-14-13-31-20/h6-7,15-16H,2-5,8-14H2,1H3,(H2,24,25,26,30). The van der Waals surface area contributed by atoms with Gasteiger partial charge in [-0.05, 0) is 50.6 Å². The predicted molar refractivity (Wildman–Crippen MR) is 121 cm³/mol. The van der Waals surface area contributed by atoms with Crippen molar-refractivity contribution in [2.45, 2.75) is 32.6 Å². The monoisotopic (exact) mass is 441 g/mol. The summed E-state index contributed by atoms with van der Waals surface area (Å²) in [6, 6.07) is 7.54. The molecule has 2 aliphatic rings. The molecule has 0 atom stereocenters. The zero-order chi connectivity index (χ0) is 22.3. The van der Waals surface area contributed by atoms with Gasteiger partial charge in [-0.25, -0.2) is 0 Å². The molecule has 3 heterocycles. The molecule has 0 aliphatic carbocycles. The number of rotatable bonds is 7. The van der Waals surface area contributed by atoms with Crippen molar-refractivity contribution in [1.29, 1.82) is 0 Å². The van der Waals surface area contributed by atoms with Crippen LogP contribution >= 0.6 is 0 Å². The van der Waals surface area contributed by atoms with E-state index in [1.807, 2.05) is 29.2 Å². The molecule has 32 heavy (non-hydrogen) atoms. The summed E-state index contributed by atoms with van der Waals surface area (Å²) in [5.41, 5.74) is 1.72. The van der Waals surface area contributed by atoms with E-state index in [4.69, 9.17) is 9.47 Å². The van der Waals surface area contributed by atoms with Crippen LogP contribution < -0.4 is 14.8 Å². The minimum atomic E-state index is -0.0381. The maximum Gasteiger partial charge on any atom is 0.225 e. The smallest absolute Gasteiger partial charge is 0.225 e. The molecule has 9 heteroatoms. The first kappa shape index (κ1) is 22.1. The van der Waals surface area contributed by atoms with Gasteiger partial charge in [0.15, 0.2) is 17.3 Å². The fourth-order valence-corrected chi connectivity index (χ4v) is 4.08. The normalized spacial score (nSPS) is 16.5. The van der Waals surface area contributed by atoms with Crippen molar-refractivity contribution < 1.29 is 19.1 Å². The zero-order valence-electron chi connectivity index (χ0n) is 18.6. The van der Waals surface area contributed by atoms with Crippen LogP contribution in [0.25, 0.3) is 11.3 Å². The van der Waals surface area contributed by atoms with Gasteiger partial charge in [0.1, 0.15) is 13.2 Å². The maximum atomic E-state index is 12.3. The molecule has 2 N–H and O–H groups in total. The topological polar surface area (TPSA) is 99.8 Å². The van der Waals surface area contributed by atoms with Crippen molar-refractivity contribution in [3.63, 3.8) is 0 Å². The van der Waals surface area contributed by atoms with Gasteiger partial charge in [-0.3, -0.25) is 14.7 Å². The molecule has 0 radical (unpaired) electrons. The number of nitrogens with zero attached hydrogens (tertiary/aromatic N) is 3. The third-order valence-corrected chi connectivity index (χ3v) is 5.86. The highest BCUT2D eigenvalue weighted by Crippen LogP contribution is 2.34. The van der Waals surface area contributed by atoms with Crippen LogP contribution in [0.3, 0.4) is 0 Å². The molecule has 0 saturated carbocycles. The molecule has 2 aromatic rings. The lowest BCUT2D eigenvalue weighted by molar-refractivity contribution is -0.128. The molecule has 172 valence electrons. The van der Waals surface area contributed by atoms with E-state index in [1.54, 1.807) is 6.92 Å². The number of unbranched alkanes of at least 4 members (excludes halogenated alkanes) is 1. The summed E-state index contributed by atoms with van der Waals surface area (Å²) in [5, 5.41) is 10.0. The molecule has 2 amide bonds. The molecular formula is C23H31N5O4. The van der Waals surface area contributed by atoms with E-state index >= 15 is 0 Å². The number of nitrogens with one attached hydrogen (secondary N) is 2. The van der Waals surface area contributed by atoms with Crippen molar-refractivity contribution in [3.8, 4) is 22.8 Å². The SMILES string of the molecule is CC(=O)N1CCCN(CCCCC(=O)Nc2cc(-c3ccc4c(c3)OCCO4)[nH]n2)CC1. The Kier molecular flexibility index (Phi) is 7.26. The Bertz CT molecular complexity index is 944. The van der Waals surface area contributed by atoms with Crippen molar-refractivity contribution in [1.82, 2.24) is 20.0 Å². The van der Waals surface area contributed by atoms with E-state index in [-0.39, 0.29) is 11.8 Å². The number of ether oxygens (including phenoxy) is 2. The minimum Gasteiger partial charge on any atom is -0.486 e. The number of benzene rings is 1. The van der Waals surface area contributed by atoms with Crippen LogP contribution in [0.1, 0.15) is 32.6 Å². The van der Waals surface area contributed by atoms with E-state index < -0.39 is 0 Å². The average molecular weight is 442 g/mol. The van der Waals surface area contributed by atoms with Crippen LogP contribution in [0.4, 0.5) is 5.82 Å². The number of aromatic amines is 1. The van der Waals surface area contributed by atoms with E-state index in [0.717, 1.165) is 69.0 Å². The van der Waals surface area contributed by atoms with E-state index in [2.05, 4.69) is 20.4 Å². The number of fused-ring (bicyclic) bond motifs is 1. The summed E-state index contributed by atoms with van der Waals surface area (Å²) in [7, 11) is 0. The maximum absolute atomic E-state index is 12.3. The molecule has 4 rings (SSSR count). The van der Waals surface area contributed by atoms with E-state index in [1.165, 1.54) is 0 Å². The van der Waals surface area contributed by atoms with Gasteiger partial charge in [-0.15, -0.1) is 0 Å². The lowest BCUT2D eigenvalue weighted by Crippen LogP contribution is -2.34. The van der Waals surface area contributed by atoms with Gasteiger partial charge in [-0.1, -0.05) is 0 Å². The fraction of sp³-hybridized carbons (Fsp3) is 0.522. The molecule has 9 nitrogen and oxygen atoms in total. The summed E-state index contributed by atoms with van der Waals surface area (Å²) in [4.78, 5) is 28.1. The third-order valence-electron chi connectivity index (χ3n) is 5.86. The van der Waals surface area contributed by atoms with Crippen LogP contribution in [0.5, 0.6) is 11.5 Å². The Morgan fingerprint density at radius 3 is 2.75 bits per heavy atom. The van der Waals surface area contributed by atoms with Gasteiger partial charge >= 0.3 is 0 Å². The van der Waals surface area contributed by atoms with Crippen LogP contribution in [-0.2, 0) is 9.59 Å². The quantitative estimate of drug-likeness (QED) is 0.641. The highest BCUT2D eigenvalue weighted by molar-refractivity contribution is 5.90. The first-order valence-electron chi connectivity index (χ1n) is 11.3. The molecule has 0 bridgehead atoms. The first-order valence-corrected chi connectivity index (χ1v) is 11.3. The van der Waals surface area contributed by atoms with Crippen LogP contribution in [0.2, 0.25) is 0 Å². The number of H-pyrrole nitrogens is 1. The lowest BCUT2D eigenvalue weighted by atomic mass is 10.1. The summed E-state index contributed by atoms with van der Waals surface area (Å²) in [5.74, 6) is 2.08. The number of hydrogen-bond donors (Lipinski definition) is 2. The minimum absolute atomic E-state index is 0.0381. The van der Waals surface area contributed by atoms with E-state index in [0.29, 0.717) is 31.2 Å². The molecule has 2 aliphatic heterocycles. The molecule has 1 saturated heterocycles. The largest absolute Gasteiger partial charge is 0.486 e. The molecular weight excluding hydrogens is 410 g/mol. The lowest BCUT2D eigenvalue weighted by Gasteiger charge is -2.20. The second-order valence-corrected chi connectivity index (χ2v) is 8.23. The van der Waals surface area contributed by atoms with Gasteiger partial charge in [0.05, 0.1) is 5.69 Å². The van der Waals surface area contributed by atoms with Crippen molar-refractivity contribution in [3.05, 3.63) is 24.3 Å². The first-order chi connectivity index (χ1) is 15.6. The highest BCUT2D eigenvalue weighted by Gasteiger charge is 2.17. The second kappa shape index (κ2) is 10.5. The number of hydrogen-bond acceptors (Lipinski definition) is 6. The Balaban J connectivity index is 1.19. The van der Waals surface area contributed by atoms with Crippen LogP contribution in [-0.4, -0.2) is 77.7 Å². The third kappa shape index (κ3) is 5.79. The number of anilines is 1. The summed E-state index contributed by atoms with van der Waals surface area (Å²) < 4.78 is 11.2. The second-order valence-electron chi connectivity index (χ2n) is 8.23. The van der Waals surface area contributed by atoms with Gasteiger partial charge in [0.25, 0.3) is 0 Å². The predicted octanol–water partition coefficient (Wildman–Crippen LogP) is 2.51. The Morgan fingerprint density at radius 1 is 1.06 bits per heavy atom. The van der Waals surface area contributed by atoms with E-state index in [9.17, 15) is 9.59 Å². The molecule has 0 spiro atoms. The fourth-order valence-electron chi connectivity index (χ4n) is 4.08. The molecule has 1 aromatic carbocycles. The number of aromatic nitrogens is 2. The zero-order valence-corrected chi connectivity index (χ0v) is 18.6. The summed E-state index contributed by atoms with van der Waals surface area (Å²) in [6.45, 7) is 7.22. The van der Waals surface area contributed by atoms with Gasteiger partial charge in [0.2, 0.25) is 11.8 Å². The Morgan fingerprint density at radius 2 is 1.91 bits per heavy atom. The van der Waals surface area contributed by atoms with Crippen LogP contribution in [0, 0.1) is 0 Å². The van der Waals surface area contributed by atoms with Crippen LogP contribution in [0.15, 0.2) is 24.3 Å². The van der Waals surface area contributed by atoms with Gasteiger partial charge in [0, 0.05) is 44.6 Å². The number of carbonyl (C=O) groups excluding carboxylic acids is 2. The summed E-state index contributed by atoms with van der Waals surface area (Å²) in [6.07, 6.45) is 3.24. The van der Waals surface area contributed by atoms with Crippen molar-refractivity contribution in [2.24, 2.45) is 0 Å². The number of amides is 2. The number of carbonyl (C=O) groups is 2. The van der Waals surface area contributed by atoms with Gasteiger partial charge < -0.3 is 24.6 Å². The van der Waals surface area contributed by atoms with Crippen molar-refractivity contribution >= 4 is 17.6 Å². The average Bonchev–Trinajstić information content (AvgIpc) is 3.12. The molecule has 0 unspecified atom stereocenters. The van der Waals surface area contributed by atoms with Crippen molar-refractivity contribution in [2.75, 3.05) is 51.3 Å². The summed E-state index contributed by atoms with van der Waals surface area (Å²) >= 11 is 0. The Hall–Kier alpha value is -3.07. The Labute approximate surface area is 188 Å². The van der Waals surface area contributed by atoms with Gasteiger partial charge in [-0.2, -0.15) is 5.10 Å². The highest BCUT2D eigenvalue weighted by atomic mass is 16.6.